The highest BCUT2D eigenvalue weighted by molar-refractivity contribution is 5.78. The summed E-state index contributed by atoms with van der Waals surface area (Å²) in [7, 11) is 0. The van der Waals surface area contributed by atoms with E-state index in [0.717, 1.165) is 31.6 Å². The zero-order valence-electron chi connectivity index (χ0n) is 11.8. The van der Waals surface area contributed by atoms with Crippen molar-refractivity contribution in [2.75, 3.05) is 6.61 Å². The van der Waals surface area contributed by atoms with Gasteiger partial charge in [0, 0.05) is 12.0 Å². The fourth-order valence-corrected chi connectivity index (χ4v) is 1.93. The number of carbonyl (C=O) groups is 1. The minimum Gasteiger partial charge on any atom is -0.394 e. The molecule has 2 N–H and O–H groups in total. The van der Waals surface area contributed by atoms with Gasteiger partial charge in [0.1, 0.15) is 0 Å². The Morgan fingerprint density at radius 2 is 1.76 bits per heavy atom. The van der Waals surface area contributed by atoms with Crippen molar-refractivity contribution in [3.8, 4) is 0 Å². The summed E-state index contributed by atoms with van der Waals surface area (Å²) in [6.07, 6.45) is 5.58. The number of aliphatic hydroxyl groups excluding tert-OH is 1. The highest BCUT2D eigenvalue weighted by Gasteiger charge is 2.24. The molecule has 1 aliphatic rings. The Bertz CT molecular complexity index is 198. The molecule has 0 unspecified atom stereocenters. The van der Waals surface area contributed by atoms with E-state index in [-0.39, 0.29) is 24.5 Å². The highest BCUT2D eigenvalue weighted by atomic mass is 16.3. The Morgan fingerprint density at radius 3 is 2.18 bits per heavy atom. The fourth-order valence-electron chi connectivity index (χ4n) is 1.93. The van der Waals surface area contributed by atoms with E-state index in [1.807, 2.05) is 6.92 Å². The lowest BCUT2D eigenvalue weighted by atomic mass is 9.82. The third-order valence-electron chi connectivity index (χ3n) is 3.05. The number of amides is 1. The van der Waals surface area contributed by atoms with Gasteiger partial charge in [-0.2, -0.15) is 0 Å². The standard InChI is InChI=1S/C11H21NO2.C3H8/c1-8-3-5-10(6-4-8)11(14)12-9(2)7-13;1-3-2/h8-10,13H,3-7H2,1-2H3,(H,12,14);3H2,1-2H3/t8?,9-,10?;/m1./s1. The van der Waals surface area contributed by atoms with Crippen molar-refractivity contribution >= 4 is 5.91 Å². The van der Waals surface area contributed by atoms with Gasteiger partial charge < -0.3 is 10.4 Å². The average molecular weight is 243 g/mol. The summed E-state index contributed by atoms with van der Waals surface area (Å²) in [6, 6.07) is -0.109. The molecule has 3 heteroatoms. The first-order valence-corrected chi connectivity index (χ1v) is 6.96. The molecule has 0 aliphatic heterocycles. The zero-order chi connectivity index (χ0) is 13.3. The molecule has 0 spiro atoms. The van der Waals surface area contributed by atoms with Gasteiger partial charge in [0.25, 0.3) is 0 Å². The molecule has 1 atom stereocenters. The van der Waals surface area contributed by atoms with Gasteiger partial charge in [0.15, 0.2) is 0 Å². The summed E-state index contributed by atoms with van der Waals surface area (Å²) in [5.41, 5.74) is 0. The number of rotatable bonds is 3. The molecule has 0 aromatic rings. The molecule has 102 valence electrons. The highest BCUT2D eigenvalue weighted by Crippen LogP contribution is 2.28. The first kappa shape index (κ1) is 16.4. The van der Waals surface area contributed by atoms with E-state index in [0.29, 0.717) is 0 Å². The van der Waals surface area contributed by atoms with E-state index < -0.39 is 0 Å². The topological polar surface area (TPSA) is 49.3 Å². The Hall–Kier alpha value is -0.570. The molecule has 1 rings (SSSR count). The first-order chi connectivity index (χ1) is 8.04. The second-order valence-corrected chi connectivity index (χ2v) is 5.26. The molecule has 0 radical (unpaired) electrons. The van der Waals surface area contributed by atoms with Gasteiger partial charge in [-0.15, -0.1) is 0 Å². The van der Waals surface area contributed by atoms with E-state index in [2.05, 4.69) is 26.1 Å². The van der Waals surface area contributed by atoms with Crippen LogP contribution in [0.2, 0.25) is 0 Å². The number of hydrogen-bond donors (Lipinski definition) is 2. The number of hydrogen-bond acceptors (Lipinski definition) is 2. The van der Waals surface area contributed by atoms with Crippen molar-refractivity contribution in [2.45, 2.75) is 65.8 Å². The Kier molecular flexibility index (Phi) is 9.14. The lowest BCUT2D eigenvalue weighted by molar-refractivity contribution is -0.127. The predicted octanol–water partition coefficient (Wildman–Crippen LogP) is 2.73. The van der Waals surface area contributed by atoms with Crippen LogP contribution in [0.4, 0.5) is 0 Å². The van der Waals surface area contributed by atoms with Crippen LogP contribution in [-0.4, -0.2) is 23.7 Å². The second-order valence-electron chi connectivity index (χ2n) is 5.26. The Balaban J connectivity index is 0.000000770. The SMILES string of the molecule is CC1CCC(C(=O)N[C@H](C)CO)CC1.CCC. The molecule has 0 saturated heterocycles. The molecule has 1 fully saturated rings. The average Bonchev–Trinajstić information content (AvgIpc) is 2.30. The summed E-state index contributed by atoms with van der Waals surface area (Å²) in [5.74, 6) is 1.08. The molecular weight excluding hydrogens is 214 g/mol. The number of nitrogens with one attached hydrogen (secondary N) is 1. The maximum atomic E-state index is 11.7. The number of carbonyl (C=O) groups excluding carboxylic acids is 1. The van der Waals surface area contributed by atoms with Gasteiger partial charge in [0.2, 0.25) is 5.91 Å². The van der Waals surface area contributed by atoms with Crippen molar-refractivity contribution < 1.29 is 9.90 Å². The van der Waals surface area contributed by atoms with Crippen molar-refractivity contribution in [2.24, 2.45) is 11.8 Å². The second kappa shape index (κ2) is 9.46. The Labute approximate surface area is 106 Å². The van der Waals surface area contributed by atoms with E-state index in [1.54, 1.807) is 0 Å². The van der Waals surface area contributed by atoms with E-state index in [1.165, 1.54) is 6.42 Å². The van der Waals surface area contributed by atoms with Crippen LogP contribution in [0.1, 0.15) is 59.8 Å². The summed E-state index contributed by atoms with van der Waals surface area (Å²) in [5, 5.41) is 11.6. The molecule has 17 heavy (non-hydrogen) atoms. The molecule has 3 nitrogen and oxygen atoms in total. The molecule has 1 saturated carbocycles. The van der Waals surface area contributed by atoms with Crippen LogP contribution in [0, 0.1) is 11.8 Å². The lowest BCUT2D eigenvalue weighted by Gasteiger charge is -2.26. The van der Waals surface area contributed by atoms with Gasteiger partial charge in [-0.25, -0.2) is 0 Å². The predicted molar refractivity (Wildman–Crippen MR) is 71.8 cm³/mol. The quantitative estimate of drug-likeness (QED) is 0.800. The van der Waals surface area contributed by atoms with Gasteiger partial charge in [-0.3, -0.25) is 4.79 Å². The van der Waals surface area contributed by atoms with Crippen LogP contribution in [0.25, 0.3) is 0 Å². The van der Waals surface area contributed by atoms with Crippen LogP contribution in [0.15, 0.2) is 0 Å². The molecule has 0 bridgehead atoms. The van der Waals surface area contributed by atoms with Gasteiger partial charge in [-0.05, 0) is 38.5 Å². The summed E-state index contributed by atoms with van der Waals surface area (Å²) >= 11 is 0. The molecular formula is C14H29NO2. The Morgan fingerprint density at radius 1 is 1.29 bits per heavy atom. The minimum atomic E-state index is -0.109. The third kappa shape index (κ3) is 7.37. The largest absolute Gasteiger partial charge is 0.394 e. The van der Waals surface area contributed by atoms with Crippen LogP contribution in [0.5, 0.6) is 0 Å². The summed E-state index contributed by atoms with van der Waals surface area (Å²) < 4.78 is 0. The zero-order valence-corrected chi connectivity index (χ0v) is 11.8. The minimum absolute atomic E-state index is 0.0227. The van der Waals surface area contributed by atoms with E-state index >= 15 is 0 Å². The van der Waals surface area contributed by atoms with Crippen molar-refractivity contribution in [3.63, 3.8) is 0 Å². The van der Waals surface area contributed by atoms with E-state index in [9.17, 15) is 4.79 Å². The molecule has 0 heterocycles. The molecule has 0 aromatic heterocycles. The number of aliphatic hydroxyl groups is 1. The van der Waals surface area contributed by atoms with Crippen LogP contribution < -0.4 is 5.32 Å². The maximum absolute atomic E-state index is 11.7. The molecule has 1 amide bonds. The van der Waals surface area contributed by atoms with Crippen molar-refractivity contribution in [3.05, 3.63) is 0 Å². The summed E-state index contributed by atoms with van der Waals surface area (Å²) in [6.45, 7) is 8.34. The monoisotopic (exact) mass is 243 g/mol. The summed E-state index contributed by atoms with van der Waals surface area (Å²) in [4.78, 5) is 11.7. The van der Waals surface area contributed by atoms with Gasteiger partial charge in [0.05, 0.1) is 6.61 Å². The van der Waals surface area contributed by atoms with Crippen molar-refractivity contribution in [1.29, 1.82) is 0 Å². The maximum Gasteiger partial charge on any atom is 0.223 e. The van der Waals surface area contributed by atoms with Gasteiger partial charge in [-0.1, -0.05) is 27.2 Å². The molecule has 0 aromatic carbocycles. The molecule has 1 aliphatic carbocycles. The third-order valence-corrected chi connectivity index (χ3v) is 3.05. The van der Waals surface area contributed by atoms with Gasteiger partial charge >= 0.3 is 0 Å². The van der Waals surface area contributed by atoms with Crippen molar-refractivity contribution in [1.82, 2.24) is 5.32 Å². The van der Waals surface area contributed by atoms with Crippen LogP contribution >= 0.6 is 0 Å². The van der Waals surface area contributed by atoms with E-state index in [4.69, 9.17) is 5.11 Å². The normalized spacial score (nSPS) is 25.5. The lowest BCUT2D eigenvalue weighted by Crippen LogP contribution is -2.40. The van der Waals surface area contributed by atoms with Crippen LogP contribution in [-0.2, 0) is 4.79 Å². The smallest absolute Gasteiger partial charge is 0.223 e. The fraction of sp³-hybridized carbons (Fsp3) is 0.929. The first-order valence-electron chi connectivity index (χ1n) is 6.96. The van der Waals surface area contributed by atoms with Crippen LogP contribution in [0.3, 0.4) is 0 Å².